The van der Waals surface area contributed by atoms with Crippen molar-refractivity contribution in [3.8, 4) is 0 Å². The van der Waals surface area contributed by atoms with Gasteiger partial charge >= 0.3 is 0 Å². The molecule has 7 heteroatoms. The average molecular weight is 270 g/mol. The van der Waals surface area contributed by atoms with Crippen LogP contribution in [0.4, 0.5) is 0 Å². The van der Waals surface area contributed by atoms with Gasteiger partial charge in [0.05, 0.1) is 10.4 Å². The lowest BCUT2D eigenvalue weighted by Crippen LogP contribution is -2.30. The lowest BCUT2D eigenvalue weighted by atomic mass is 10.4. The highest BCUT2D eigenvalue weighted by atomic mass is 35.5. The third kappa shape index (κ3) is 3.42. The first kappa shape index (κ1) is 12.9. The molecule has 0 aliphatic carbocycles. The quantitative estimate of drug-likeness (QED) is 0.868. The number of thiophene rings is 1. The fourth-order valence-corrected chi connectivity index (χ4v) is 3.74. The molecule has 2 N–H and O–H groups in total. The SMILES string of the molecule is Cc1cc(S(=O)(=O)NC[C@@H](C)O)sc1Cl. The lowest BCUT2D eigenvalue weighted by molar-refractivity contribution is 0.198. The van der Waals surface area contributed by atoms with Crippen molar-refractivity contribution in [3.63, 3.8) is 0 Å². The molecule has 1 aromatic heterocycles. The van der Waals surface area contributed by atoms with Gasteiger partial charge in [-0.15, -0.1) is 11.3 Å². The molecular formula is C8H12ClNO3S2. The van der Waals surface area contributed by atoms with Gasteiger partial charge in [0.15, 0.2) is 0 Å². The van der Waals surface area contributed by atoms with Crippen LogP contribution in [0.15, 0.2) is 10.3 Å². The maximum atomic E-state index is 11.6. The second kappa shape index (κ2) is 4.80. The summed E-state index contributed by atoms with van der Waals surface area (Å²) in [6.07, 6.45) is -0.712. The van der Waals surface area contributed by atoms with E-state index in [4.69, 9.17) is 16.7 Å². The van der Waals surface area contributed by atoms with Gasteiger partial charge in [0, 0.05) is 6.54 Å². The number of aliphatic hydroxyl groups excluding tert-OH is 1. The van der Waals surface area contributed by atoms with Crippen LogP contribution in [0.2, 0.25) is 4.34 Å². The molecule has 0 aliphatic rings. The normalized spacial score (nSPS) is 14.1. The largest absolute Gasteiger partial charge is 0.392 e. The van der Waals surface area contributed by atoms with E-state index in [1.807, 2.05) is 0 Å². The summed E-state index contributed by atoms with van der Waals surface area (Å²) in [7, 11) is -3.53. The van der Waals surface area contributed by atoms with E-state index in [-0.39, 0.29) is 10.8 Å². The van der Waals surface area contributed by atoms with Gasteiger partial charge in [0.2, 0.25) is 10.0 Å². The predicted octanol–water partition coefficient (Wildman–Crippen LogP) is 1.37. The van der Waals surface area contributed by atoms with Crippen LogP contribution in [0.3, 0.4) is 0 Å². The number of aryl methyl sites for hydroxylation is 1. The summed E-state index contributed by atoms with van der Waals surface area (Å²) in [5.74, 6) is 0. The number of aliphatic hydroxyl groups is 1. The molecule has 0 spiro atoms. The lowest BCUT2D eigenvalue weighted by Gasteiger charge is -2.05. The Balaban J connectivity index is 2.87. The van der Waals surface area contributed by atoms with Crippen molar-refractivity contribution in [1.82, 2.24) is 4.72 Å². The molecule has 0 unspecified atom stereocenters. The molecule has 0 saturated carbocycles. The molecular weight excluding hydrogens is 258 g/mol. The highest BCUT2D eigenvalue weighted by Gasteiger charge is 2.18. The van der Waals surface area contributed by atoms with Crippen LogP contribution < -0.4 is 4.72 Å². The summed E-state index contributed by atoms with van der Waals surface area (Å²) < 4.78 is 26.2. The van der Waals surface area contributed by atoms with Crippen LogP contribution in [0.5, 0.6) is 0 Å². The molecule has 86 valence electrons. The number of halogens is 1. The van der Waals surface area contributed by atoms with E-state index in [0.717, 1.165) is 16.9 Å². The second-order valence-electron chi connectivity index (χ2n) is 3.22. The smallest absolute Gasteiger partial charge is 0.250 e. The summed E-state index contributed by atoms with van der Waals surface area (Å²) in [5.41, 5.74) is 0.735. The summed E-state index contributed by atoms with van der Waals surface area (Å²) in [6.45, 7) is 3.25. The molecule has 0 saturated heterocycles. The van der Waals surface area contributed by atoms with Crippen LogP contribution in [-0.4, -0.2) is 26.2 Å². The summed E-state index contributed by atoms with van der Waals surface area (Å²) in [5, 5.41) is 8.97. The number of sulfonamides is 1. The number of hydrogen-bond donors (Lipinski definition) is 2. The van der Waals surface area contributed by atoms with Gasteiger partial charge in [-0.25, -0.2) is 13.1 Å². The van der Waals surface area contributed by atoms with Gasteiger partial charge in [-0.1, -0.05) is 11.6 Å². The molecule has 0 aliphatic heterocycles. The minimum atomic E-state index is -3.53. The maximum Gasteiger partial charge on any atom is 0.250 e. The molecule has 1 atom stereocenters. The van der Waals surface area contributed by atoms with Gasteiger partial charge in [-0.2, -0.15) is 0 Å². The summed E-state index contributed by atoms with van der Waals surface area (Å²) >= 11 is 6.78. The van der Waals surface area contributed by atoms with E-state index in [1.54, 1.807) is 6.92 Å². The molecule has 0 amide bonds. The molecule has 15 heavy (non-hydrogen) atoms. The van der Waals surface area contributed by atoms with Crippen LogP contribution in [0.25, 0.3) is 0 Å². The van der Waals surface area contributed by atoms with Crippen LogP contribution in [-0.2, 0) is 10.0 Å². The third-order valence-electron chi connectivity index (χ3n) is 1.67. The van der Waals surface area contributed by atoms with Crippen molar-refractivity contribution < 1.29 is 13.5 Å². The second-order valence-corrected chi connectivity index (χ2v) is 6.87. The molecule has 1 aromatic rings. The molecule has 0 radical (unpaired) electrons. The van der Waals surface area contributed by atoms with E-state index in [1.165, 1.54) is 13.0 Å². The Morgan fingerprint density at radius 3 is 2.67 bits per heavy atom. The van der Waals surface area contributed by atoms with E-state index in [9.17, 15) is 8.42 Å². The van der Waals surface area contributed by atoms with Gasteiger partial charge in [-0.3, -0.25) is 0 Å². The van der Waals surface area contributed by atoms with E-state index < -0.39 is 16.1 Å². The van der Waals surface area contributed by atoms with Crippen molar-refractivity contribution >= 4 is 33.0 Å². The van der Waals surface area contributed by atoms with E-state index in [2.05, 4.69) is 4.72 Å². The van der Waals surface area contributed by atoms with Gasteiger partial charge in [0.25, 0.3) is 0 Å². The summed E-state index contributed by atoms with van der Waals surface area (Å²) in [6, 6.07) is 1.51. The predicted molar refractivity (Wildman–Crippen MR) is 60.9 cm³/mol. The molecule has 0 bridgehead atoms. The van der Waals surface area contributed by atoms with Crippen LogP contribution >= 0.6 is 22.9 Å². The van der Waals surface area contributed by atoms with Crippen LogP contribution in [0.1, 0.15) is 12.5 Å². The maximum absolute atomic E-state index is 11.6. The zero-order valence-corrected chi connectivity index (χ0v) is 10.7. The Morgan fingerprint density at radius 1 is 1.67 bits per heavy atom. The first-order valence-electron chi connectivity index (χ1n) is 4.26. The molecule has 0 aromatic carbocycles. The fraction of sp³-hybridized carbons (Fsp3) is 0.500. The van der Waals surface area contributed by atoms with E-state index >= 15 is 0 Å². The number of hydrogen-bond acceptors (Lipinski definition) is 4. The monoisotopic (exact) mass is 269 g/mol. The molecule has 1 heterocycles. The van der Waals surface area contributed by atoms with Crippen molar-refractivity contribution in [2.45, 2.75) is 24.2 Å². The first-order valence-corrected chi connectivity index (χ1v) is 6.94. The van der Waals surface area contributed by atoms with Crippen molar-refractivity contribution in [2.75, 3.05) is 6.54 Å². The van der Waals surface area contributed by atoms with Crippen molar-refractivity contribution in [3.05, 3.63) is 16.0 Å². The highest BCUT2D eigenvalue weighted by Crippen LogP contribution is 2.29. The molecule has 0 fully saturated rings. The first-order chi connectivity index (χ1) is 6.83. The Hall–Kier alpha value is -0.140. The standard InChI is InChI=1S/C8H12ClNO3S2/c1-5-3-7(14-8(5)9)15(12,13)10-4-6(2)11/h3,6,10-11H,4H2,1-2H3/t6-/m1/s1. The third-order valence-corrected chi connectivity index (χ3v) is 5.12. The van der Waals surface area contributed by atoms with Gasteiger partial charge in [0.1, 0.15) is 4.21 Å². The van der Waals surface area contributed by atoms with Crippen LogP contribution in [0, 0.1) is 6.92 Å². The minimum Gasteiger partial charge on any atom is -0.392 e. The van der Waals surface area contributed by atoms with Gasteiger partial charge in [-0.05, 0) is 25.5 Å². The zero-order chi connectivity index (χ0) is 11.6. The Bertz CT molecular complexity index is 419. The Labute approximate surface area is 97.9 Å². The molecule has 4 nitrogen and oxygen atoms in total. The highest BCUT2D eigenvalue weighted by molar-refractivity contribution is 7.91. The van der Waals surface area contributed by atoms with E-state index in [0.29, 0.717) is 4.34 Å². The Morgan fingerprint density at radius 2 is 2.27 bits per heavy atom. The number of rotatable bonds is 4. The Kier molecular flexibility index (Phi) is 4.13. The van der Waals surface area contributed by atoms with Crippen molar-refractivity contribution in [2.24, 2.45) is 0 Å². The zero-order valence-electron chi connectivity index (χ0n) is 8.32. The average Bonchev–Trinajstić information content (AvgIpc) is 2.45. The van der Waals surface area contributed by atoms with Gasteiger partial charge < -0.3 is 5.11 Å². The fourth-order valence-electron chi connectivity index (χ4n) is 0.866. The number of nitrogens with one attached hydrogen (secondary N) is 1. The summed E-state index contributed by atoms with van der Waals surface area (Å²) in [4.78, 5) is 0. The minimum absolute atomic E-state index is 0.00308. The topological polar surface area (TPSA) is 66.4 Å². The molecule has 1 rings (SSSR count). The van der Waals surface area contributed by atoms with Crippen molar-refractivity contribution in [1.29, 1.82) is 0 Å².